The second-order valence-electron chi connectivity index (χ2n) is 5.58. The van der Waals surface area contributed by atoms with Crippen LogP contribution in [0.2, 0.25) is 0 Å². The number of thioether (sulfide) groups is 1. The van der Waals surface area contributed by atoms with Crippen molar-refractivity contribution in [2.75, 3.05) is 16.8 Å². The molecule has 2 rings (SSSR count). The summed E-state index contributed by atoms with van der Waals surface area (Å²) in [4.78, 5) is 4.67. The molecule has 3 nitrogen and oxygen atoms in total. The van der Waals surface area contributed by atoms with Crippen molar-refractivity contribution in [3.05, 3.63) is 11.9 Å². The monoisotopic (exact) mass is 281 g/mol. The highest BCUT2D eigenvalue weighted by molar-refractivity contribution is 7.99. The first kappa shape index (κ1) is 14.8. The van der Waals surface area contributed by atoms with Gasteiger partial charge in [-0.2, -0.15) is 11.8 Å². The highest BCUT2D eigenvalue weighted by Crippen LogP contribution is 2.32. The van der Waals surface area contributed by atoms with Crippen LogP contribution in [-0.4, -0.2) is 27.1 Å². The summed E-state index contributed by atoms with van der Waals surface area (Å²) in [6, 6.07) is 1.17. The maximum absolute atomic E-state index is 4.67. The van der Waals surface area contributed by atoms with Gasteiger partial charge in [0.1, 0.15) is 0 Å². The van der Waals surface area contributed by atoms with Crippen LogP contribution >= 0.6 is 11.8 Å². The van der Waals surface area contributed by atoms with E-state index >= 15 is 0 Å². The standard InChI is InChI=1S/C15H27N3S/c1-4-19-10-9-12(2)16-15-17-13(3)11-18(15)14-7-5-6-8-14/h11-12,14H,4-10H2,1-3H3,(H,16,17). The lowest BCUT2D eigenvalue weighted by atomic mass is 10.2. The molecule has 1 aliphatic rings. The van der Waals surface area contributed by atoms with Gasteiger partial charge >= 0.3 is 0 Å². The molecule has 1 fully saturated rings. The van der Waals surface area contributed by atoms with E-state index in [1.54, 1.807) is 0 Å². The molecular weight excluding hydrogens is 254 g/mol. The molecule has 0 bridgehead atoms. The van der Waals surface area contributed by atoms with Crippen LogP contribution in [0.4, 0.5) is 5.95 Å². The topological polar surface area (TPSA) is 29.9 Å². The zero-order valence-corrected chi connectivity index (χ0v) is 13.3. The Labute approximate surface area is 121 Å². The molecule has 1 N–H and O–H groups in total. The Morgan fingerprint density at radius 2 is 2.21 bits per heavy atom. The Kier molecular flexibility index (Phi) is 5.61. The van der Waals surface area contributed by atoms with E-state index in [2.05, 4.69) is 41.8 Å². The summed E-state index contributed by atoms with van der Waals surface area (Å²) in [5.74, 6) is 3.52. The Bertz CT molecular complexity index is 383. The van der Waals surface area contributed by atoms with Crippen LogP contribution < -0.4 is 5.32 Å². The van der Waals surface area contributed by atoms with E-state index in [-0.39, 0.29) is 0 Å². The minimum Gasteiger partial charge on any atom is -0.353 e. The van der Waals surface area contributed by atoms with Crippen molar-refractivity contribution in [2.45, 2.75) is 65.0 Å². The molecule has 1 saturated carbocycles. The smallest absolute Gasteiger partial charge is 0.203 e. The summed E-state index contributed by atoms with van der Waals surface area (Å²) >= 11 is 2.01. The third kappa shape index (κ3) is 4.16. The lowest BCUT2D eigenvalue weighted by Crippen LogP contribution is -2.20. The summed E-state index contributed by atoms with van der Waals surface area (Å²) < 4.78 is 2.38. The molecule has 1 aromatic rings. The highest BCUT2D eigenvalue weighted by atomic mass is 32.2. The Morgan fingerprint density at radius 3 is 2.89 bits per heavy atom. The number of aryl methyl sites for hydroxylation is 1. The molecule has 0 radical (unpaired) electrons. The number of rotatable bonds is 7. The van der Waals surface area contributed by atoms with Gasteiger partial charge in [-0.25, -0.2) is 4.98 Å². The molecule has 108 valence electrons. The van der Waals surface area contributed by atoms with E-state index in [9.17, 15) is 0 Å². The van der Waals surface area contributed by atoms with Crippen molar-refractivity contribution in [3.63, 3.8) is 0 Å². The highest BCUT2D eigenvalue weighted by Gasteiger charge is 2.20. The number of nitrogens with one attached hydrogen (secondary N) is 1. The van der Waals surface area contributed by atoms with E-state index in [4.69, 9.17) is 0 Å². The van der Waals surface area contributed by atoms with Crippen molar-refractivity contribution in [3.8, 4) is 0 Å². The second-order valence-corrected chi connectivity index (χ2v) is 6.98. The molecule has 0 amide bonds. The third-order valence-electron chi connectivity index (χ3n) is 3.85. The maximum Gasteiger partial charge on any atom is 0.203 e. The molecule has 4 heteroatoms. The SMILES string of the molecule is CCSCCC(C)Nc1nc(C)cn1C1CCCC1. The zero-order valence-electron chi connectivity index (χ0n) is 12.5. The van der Waals surface area contributed by atoms with Crippen LogP contribution in [0.15, 0.2) is 6.20 Å². The van der Waals surface area contributed by atoms with Gasteiger partial charge in [0.2, 0.25) is 5.95 Å². The van der Waals surface area contributed by atoms with Crippen molar-refractivity contribution in [1.29, 1.82) is 0 Å². The van der Waals surface area contributed by atoms with E-state index in [0.717, 1.165) is 11.6 Å². The van der Waals surface area contributed by atoms with Crippen molar-refractivity contribution < 1.29 is 0 Å². The molecule has 0 spiro atoms. The largest absolute Gasteiger partial charge is 0.353 e. The van der Waals surface area contributed by atoms with Gasteiger partial charge in [-0.05, 0) is 44.6 Å². The number of aromatic nitrogens is 2. The van der Waals surface area contributed by atoms with Crippen LogP contribution in [-0.2, 0) is 0 Å². The first-order valence-corrected chi connectivity index (χ1v) is 8.76. The molecule has 1 aliphatic carbocycles. The number of anilines is 1. The number of hydrogen-bond acceptors (Lipinski definition) is 3. The van der Waals surface area contributed by atoms with Crippen molar-refractivity contribution in [2.24, 2.45) is 0 Å². The average molecular weight is 281 g/mol. The van der Waals surface area contributed by atoms with Crippen LogP contribution in [0.3, 0.4) is 0 Å². The molecule has 1 aromatic heterocycles. The molecule has 0 aliphatic heterocycles. The van der Waals surface area contributed by atoms with Crippen LogP contribution in [0.5, 0.6) is 0 Å². The molecule has 1 atom stereocenters. The molecule has 1 heterocycles. The molecule has 19 heavy (non-hydrogen) atoms. The summed E-state index contributed by atoms with van der Waals surface area (Å²) in [7, 11) is 0. The minimum absolute atomic E-state index is 0.501. The van der Waals surface area contributed by atoms with Crippen molar-refractivity contribution >= 4 is 17.7 Å². The van der Waals surface area contributed by atoms with E-state index < -0.39 is 0 Å². The maximum atomic E-state index is 4.67. The average Bonchev–Trinajstić information content (AvgIpc) is 2.99. The van der Waals surface area contributed by atoms with Gasteiger partial charge in [-0.3, -0.25) is 0 Å². The third-order valence-corrected chi connectivity index (χ3v) is 4.78. The van der Waals surface area contributed by atoms with Gasteiger partial charge in [0.25, 0.3) is 0 Å². The quantitative estimate of drug-likeness (QED) is 0.758. The fourth-order valence-electron chi connectivity index (χ4n) is 2.78. The first-order chi connectivity index (χ1) is 9.20. The number of imidazole rings is 1. The minimum atomic E-state index is 0.501. The van der Waals surface area contributed by atoms with Gasteiger partial charge in [0.05, 0.1) is 5.69 Å². The van der Waals surface area contributed by atoms with Gasteiger partial charge in [-0.1, -0.05) is 19.8 Å². The Balaban J connectivity index is 1.95. The lowest BCUT2D eigenvalue weighted by molar-refractivity contribution is 0.520. The molecule has 1 unspecified atom stereocenters. The Morgan fingerprint density at radius 1 is 1.47 bits per heavy atom. The summed E-state index contributed by atoms with van der Waals surface area (Å²) in [6.45, 7) is 6.58. The predicted molar refractivity (Wildman–Crippen MR) is 85.2 cm³/mol. The van der Waals surface area contributed by atoms with Crippen molar-refractivity contribution in [1.82, 2.24) is 9.55 Å². The summed E-state index contributed by atoms with van der Waals surface area (Å²) in [6.07, 6.45) is 8.77. The second kappa shape index (κ2) is 7.22. The van der Waals surface area contributed by atoms with Crippen LogP contribution in [0.25, 0.3) is 0 Å². The summed E-state index contributed by atoms with van der Waals surface area (Å²) in [5.41, 5.74) is 1.13. The van der Waals surface area contributed by atoms with Crippen LogP contribution in [0, 0.1) is 6.92 Å². The van der Waals surface area contributed by atoms with Gasteiger partial charge < -0.3 is 9.88 Å². The van der Waals surface area contributed by atoms with E-state index in [1.807, 2.05) is 11.8 Å². The molecule has 0 saturated heterocycles. The number of nitrogens with zero attached hydrogens (tertiary/aromatic N) is 2. The first-order valence-electron chi connectivity index (χ1n) is 7.60. The normalized spacial score (nSPS) is 17.8. The van der Waals surface area contributed by atoms with Gasteiger partial charge in [0.15, 0.2) is 0 Å². The van der Waals surface area contributed by atoms with E-state index in [1.165, 1.54) is 43.6 Å². The zero-order chi connectivity index (χ0) is 13.7. The molecule has 0 aromatic carbocycles. The lowest BCUT2D eigenvalue weighted by Gasteiger charge is -2.19. The molecular formula is C15H27N3S. The van der Waals surface area contributed by atoms with Gasteiger partial charge in [0, 0.05) is 18.3 Å². The van der Waals surface area contributed by atoms with Gasteiger partial charge in [-0.15, -0.1) is 0 Å². The van der Waals surface area contributed by atoms with Crippen LogP contribution in [0.1, 0.15) is 57.7 Å². The fraction of sp³-hybridized carbons (Fsp3) is 0.800. The Hall–Kier alpha value is -0.640. The number of hydrogen-bond donors (Lipinski definition) is 1. The van der Waals surface area contributed by atoms with E-state index in [0.29, 0.717) is 12.1 Å². The fourth-order valence-corrected chi connectivity index (χ4v) is 3.59. The summed E-state index contributed by atoms with van der Waals surface area (Å²) in [5, 5.41) is 3.61. The predicted octanol–water partition coefficient (Wildman–Crippen LogP) is 4.25.